The van der Waals surface area contributed by atoms with Gasteiger partial charge in [0.15, 0.2) is 17.5 Å². The first kappa shape index (κ1) is 31.1. The maximum Gasteiger partial charge on any atom is 0.164 e. The molecule has 256 valence electrons. The average Bonchev–Trinajstić information content (AvgIpc) is 3.64. The van der Waals surface area contributed by atoms with Crippen molar-refractivity contribution in [2.75, 3.05) is 0 Å². The molecule has 0 saturated carbocycles. The smallest absolute Gasteiger partial charge is 0.164 e. The summed E-state index contributed by atoms with van der Waals surface area (Å²) in [6.45, 7) is 0. The molecule has 0 saturated heterocycles. The quantitative estimate of drug-likeness (QED) is 0.132. The second kappa shape index (κ2) is 12.6. The van der Waals surface area contributed by atoms with Gasteiger partial charge in [-0.3, -0.25) is 0 Å². The van der Waals surface area contributed by atoms with Crippen LogP contribution in [-0.2, 0) is 0 Å². The maximum absolute atomic E-state index is 6.11. The molecule has 0 spiro atoms. The minimum Gasteiger partial charge on any atom is -0.456 e. The van der Waals surface area contributed by atoms with Crippen LogP contribution in [0.25, 0.3) is 111 Å². The minimum atomic E-state index is 0.622. The number of furan rings is 1. The molecule has 0 unspecified atom stereocenters. The Morgan fingerprint density at radius 3 is 1.65 bits per heavy atom. The first-order valence-corrected chi connectivity index (χ1v) is 18.5. The van der Waals surface area contributed by atoms with Crippen molar-refractivity contribution in [1.82, 2.24) is 15.0 Å². The van der Waals surface area contributed by atoms with Gasteiger partial charge in [-0.15, -0.1) is 0 Å². The Labute approximate surface area is 317 Å². The lowest BCUT2D eigenvalue weighted by molar-refractivity contribution is 0.669. The van der Waals surface area contributed by atoms with Crippen LogP contribution in [0.2, 0.25) is 0 Å². The van der Waals surface area contributed by atoms with Crippen molar-refractivity contribution in [2.45, 2.75) is 0 Å². The summed E-state index contributed by atoms with van der Waals surface area (Å²) in [5.74, 6) is 1.88. The highest BCUT2D eigenvalue weighted by Crippen LogP contribution is 2.40. The molecular formula is C51H31N3O. The van der Waals surface area contributed by atoms with E-state index >= 15 is 0 Å². The van der Waals surface area contributed by atoms with Gasteiger partial charge in [0.1, 0.15) is 11.2 Å². The van der Waals surface area contributed by atoms with Gasteiger partial charge in [-0.2, -0.15) is 0 Å². The third kappa shape index (κ3) is 5.34. The van der Waals surface area contributed by atoms with E-state index in [1.807, 2.05) is 48.5 Å². The first-order valence-electron chi connectivity index (χ1n) is 18.5. The molecule has 0 aliphatic carbocycles. The van der Waals surface area contributed by atoms with Crippen molar-refractivity contribution in [3.8, 4) is 56.4 Å². The van der Waals surface area contributed by atoms with Crippen molar-refractivity contribution >= 4 is 54.3 Å². The van der Waals surface area contributed by atoms with Gasteiger partial charge in [0.2, 0.25) is 0 Å². The fourth-order valence-electron chi connectivity index (χ4n) is 8.01. The zero-order chi connectivity index (χ0) is 36.3. The summed E-state index contributed by atoms with van der Waals surface area (Å²) in [6.07, 6.45) is 0. The van der Waals surface area contributed by atoms with Gasteiger partial charge < -0.3 is 4.42 Å². The molecule has 0 radical (unpaired) electrons. The van der Waals surface area contributed by atoms with E-state index in [0.717, 1.165) is 55.3 Å². The molecule has 0 amide bonds. The molecule has 0 N–H and O–H groups in total. The summed E-state index contributed by atoms with van der Waals surface area (Å²) in [6, 6.07) is 65.9. The van der Waals surface area contributed by atoms with E-state index in [0.29, 0.717) is 17.5 Å². The summed E-state index contributed by atoms with van der Waals surface area (Å²) in [5, 5.41) is 9.65. The molecule has 11 aromatic rings. The summed E-state index contributed by atoms with van der Waals surface area (Å²) in [7, 11) is 0. The van der Waals surface area contributed by atoms with Crippen LogP contribution in [0, 0.1) is 0 Å². The molecular weight excluding hydrogens is 671 g/mol. The molecule has 0 aliphatic heterocycles. The highest BCUT2D eigenvalue weighted by atomic mass is 16.3. The SMILES string of the molecule is c1ccc(-c2nc(-c3ccc(-c4c5ccccc5cc5c4ccc4ccccc45)cc3)nc(-c3cccc(-c4ccc5oc6ccccc6c5c4)c3)n2)cc1. The van der Waals surface area contributed by atoms with Gasteiger partial charge in [-0.25, -0.2) is 15.0 Å². The number of rotatable bonds is 5. The van der Waals surface area contributed by atoms with Crippen molar-refractivity contribution in [1.29, 1.82) is 0 Å². The van der Waals surface area contributed by atoms with Gasteiger partial charge in [0.05, 0.1) is 0 Å². The Morgan fingerprint density at radius 2 is 0.836 bits per heavy atom. The van der Waals surface area contributed by atoms with Crippen LogP contribution in [0.5, 0.6) is 0 Å². The number of benzene rings is 9. The zero-order valence-corrected chi connectivity index (χ0v) is 29.6. The van der Waals surface area contributed by atoms with E-state index < -0.39 is 0 Å². The lowest BCUT2D eigenvalue weighted by atomic mass is 9.89. The molecule has 0 atom stereocenters. The Morgan fingerprint density at radius 1 is 0.273 bits per heavy atom. The Hall–Kier alpha value is -7.43. The van der Waals surface area contributed by atoms with Crippen LogP contribution >= 0.6 is 0 Å². The lowest BCUT2D eigenvalue weighted by Crippen LogP contribution is -2.00. The van der Waals surface area contributed by atoms with Gasteiger partial charge in [0, 0.05) is 27.5 Å². The van der Waals surface area contributed by atoms with Crippen molar-refractivity contribution in [2.24, 2.45) is 0 Å². The highest BCUT2D eigenvalue weighted by molar-refractivity contribution is 6.20. The second-order valence-electron chi connectivity index (χ2n) is 14.0. The fraction of sp³-hybridized carbons (Fsp3) is 0. The van der Waals surface area contributed by atoms with Crippen molar-refractivity contribution < 1.29 is 4.42 Å². The largest absolute Gasteiger partial charge is 0.456 e. The molecule has 11 rings (SSSR count). The summed E-state index contributed by atoms with van der Waals surface area (Å²) >= 11 is 0. The van der Waals surface area contributed by atoms with Gasteiger partial charge >= 0.3 is 0 Å². The molecule has 0 bridgehead atoms. The number of hydrogen-bond donors (Lipinski definition) is 0. The van der Waals surface area contributed by atoms with Crippen LogP contribution in [-0.4, -0.2) is 15.0 Å². The Kier molecular flexibility index (Phi) is 7.14. The molecule has 2 heterocycles. The third-order valence-electron chi connectivity index (χ3n) is 10.7. The predicted molar refractivity (Wildman–Crippen MR) is 227 cm³/mol. The van der Waals surface area contributed by atoms with Crippen LogP contribution < -0.4 is 0 Å². The number of aromatic nitrogens is 3. The molecule has 4 heteroatoms. The van der Waals surface area contributed by atoms with Crippen LogP contribution in [0.4, 0.5) is 0 Å². The van der Waals surface area contributed by atoms with Crippen LogP contribution in [0.3, 0.4) is 0 Å². The van der Waals surface area contributed by atoms with E-state index in [9.17, 15) is 0 Å². The molecule has 55 heavy (non-hydrogen) atoms. The van der Waals surface area contributed by atoms with Crippen molar-refractivity contribution in [3.05, 3.63) is 188 Å². The van der Waals surface area contributed by atoms with Gasteiger partial charge in [-0.1, -0.05) is 158 Å². The third-order valence-corrected chi connectivity index (χ3v) is 10.7. The molecule has 9 aromatic carbocycles. The van der Waals surface area contributed by atoms with Crippen LogP contribution in [0.1, 0.15) is 0 Å². The number of nitrogens with zero attached hydrogens (tertiary/aromatic N) is 3. The molecule has 4 nitrogen and oxygen atoms in total. The van der Waals surface area contributed by atoms with E-state index in [-0.39, 0.29) is 0 Å². The van der Waals surface area contributed by atoms with E-state index in [4.69, 9.17) is 19.4 Å². The molecule has 0 fully saturated rings. The monoisotopic (exact) mass is 701 g/mol. The van der Waals surface area contributed by atoms with E-state index in [1.165, 1.54) is 37.9 Å². The second-order valence-corrected chi connectivity index (χ2v) is 14.0. The number of fused-ring (bicyclic) bond motifs is 7. The molecule has 2 aromatic heterocycles. The van der Waals surface area contributed by atoms with Crippen molar-refractivity contribution in [3.63, 3.8) is 0 Å². The standard InChI is InChI=1S/C51H31N3O/c1-2-12-34(13-3-1)49-52-50(54-51(53-49)39-16-10-15-36(29-39)37-26-28-47-45(30-37)42-19-8-9-20-46(42)55-47)35-23-21-33(22-24-35)48-41-18-7-5-14-38(41)31-44-40-17-6-4-11-32(40)25-27-43(44)48/h1-31H. The normalized spacial score (nSPS) is 11.6. The first-order chi connectivity index (χ1) is 27.2. The summed E-state index contributed by atoms with van der Waals surface area (Å²) in [4.78, 5) is 15.2. The number of hydrogen-bond acceptors (Lipinski definition) is 4. The topological polar surface area (TPSA) is 51.8 Å². The predicted octanol–water partition coefficient (Wildman–Crippen LogP) is 13.6. The highest BCUT2D eigenvalue weighted by Gasteiger charge is 2.16. The zero-order valence-electron chi connectivity index (χ0n) is 29.6. The average molecular weight is 702 g/mol. The fourth-order valence-corrected chi connectivity index (χ4v) is 8.01. The minimum absolute atomic E-state index is 0.622. The maximum atomic E-state index is 6.11. The van der Waals surface area contributed by atoms with Gasteiger partial charge in [-0.05, 0) is 84.9 Å². The summed E-state index contributed by atoms with van der Waals surface area (Å²) in [5.41, 5.74) is 9.10. The van der Waals surface area contributed by atoms with Crippen LogP contribution in [0.15, 0.2) is 192 Å². The Bertz CT molecular complexity index is 3260. The Balaban J connectivity index is 1.03. The van der Waals surface area contributed by atoms with Gasteiger partial charge in [0.25, 0.3) is 0 Å². The molecule has 0 aliphatic rings. The van der Waals surface area contributed by atoms with E-state index in [1.54, 1.807) is 0 Å². The lowest BCUT2D eigenvalue weighted by Gasteiger charge is -2.14. The van der Waals surface area contributed by atoms with E-state index in [2.05, 4.69) is 140 Å². The number of para-hydroxylation sites is 1. The summed E-state index contributed by atoms with van der Waals surface area (Å²) < 4.78 is 6.11.